The van der Waals surface area contributed by atoms with Gasteiger partial charge in [0.2, 0.25) is 12.6 Å². The molecule has 1 fully saturated rings. The summed E-state index contributed by atoms with van der Waals surface area (Å²) in [5.41, 5.74) is 1.18. The maximum atomic E-state index is 10.7. The fraction of sp³-hybridized carbons (Fsp3) is 0.364. The van der Waals surface area contributed by atoms with E-state index in [1.165, 1.54) is 0 Å². The highest BCUT2D eigenvalue weighted by Gasteiger charge is 2.28. The molecule has 0 spiro atoms. The molecule has 0 N–H and O–H groups in total. The molecule has 0 amide bonds. The maximum Gasteiger partial charge on any atom is 0.209 e. The molecule has 8 heteroatoms. The number of carbonyl (C=O) groups excluding carboxylic acids is 2. The van der Waals surface area contributed by atoms with Gasteiger partial charge in [0.05, 0.1) is 26.4 Å². The predicted molar refractivity (Wildman–Crippen MR) is 106 cm³/mol. The molecule has 160 valence electrons. The van der Waals surface area contributed by atoms with Gasteiger partial charge in [-0.1, -0.05) is 0 Å². The summed E-state index contributed by atoms with van der Waals surface area (Å²) in [5, 5.41) is 0. The molecular weight excluding hydrogens is 392 g/mol. The second-order valence-corrected chi connectivity index (χ2v) is 6.29. The number of carbonyl (C=O) groups is 2. The van der Waals surface area contributed by atoms with Gasteiger partial charge in [0.25, 0.3) is 0 Å². The van der Waals surface area contributed by atoms with E-state index in [0.717, 1.165) is 12.6 Å². The van der Waals surface area contributed by atoms with Crippen molar-refractivity contribution in [2.24, 2.45) is 0 Å². The molecule has 30 heavy (non-hydrogen) atoms. The average molecular weight is 416 g/mol. The Morgan fingerprint density at radius 1 is 0.667 bits per heavy atom. The van der Waals surface area contributed by atoms with Crippen LogP contribution in [0.25, 0.3) is 0 Å². The molecule has 2 aromatic rings. The molecule has 2 atom stereocenters. The molecule has 0 saturated carbocycles. The zero-order valence-corrected chi connectivity index (χ0v) is 16.4. The molecule has 0 radical (unpaired) electrons. The van der Waals surface area contributed by atoms with Crippen molar-refractivity contribution < 1.29 is 38.0 Å². The Kier molecular flexibility index (Phi) is 8.80. The zero-order chi connectivity index (χ0) is 21.0. The van der Waals surface area contributed by atoms with Crippen molar-refractivity contribution in [3.63, 3.8) is 0 Å². The third-order valence-electron chi connectivity index (χ3n) is 4.17. The van der Waals surface area contributed by atoms with Crippen molar-refractivity contribution in [3.8, 4) is 11.5 Å². The van der Waals surface area contributed by atoms with Crippen LogP contribution in [0.15, 0.2) is 48.5 Å². The van der Waals surface area contributed by atoms with Crippen molar-refractivity contribution in [2.45, 2.75) is 12.6 Å². The number of aldehydes is 2. The van der Waals surface area contributed by atoms with Crippen LogP contribution in [0, 0.1) is 0 Å². The summed E-state index contributed by atoms with van der Waals surface area (Å²) in [6, 6.07) is 13.6. The van der Waals surface area contributed by atoms with E-state index in [4.69, 9.17) is 28.4 Å². The summed E-state index contributed by atoms with van der Waals surface area (Å²) in [5.74, 6) is 1.30. The Hall–Kier alpha value is -2.78. The zero-order valence-electron chi connectivity index (χ0n) is 16.4. The third-order valence-corrected chi connectivity index (χ3v) is 4.17. The quantitative estimate of drug-likeness (QED) is 0.385. The third kappa shape index (κ3) is 6.93. The van der Waals surface area contributed by atoms with E-state index in [-0.39, 0.29) is 13.2 Å². The first kappa shape index (κ1) is 21.9. The van der Waals surface area contributed by atoms with Gasteiger partial charge in [0.1, 0.15) is 37.3 Å². The largest absolute Gasteiger partial charge is 0.491 e. The highest BCUT2D eigenvalue weighted by atomic mass is 16.8. The minimum atomic E-state index is -0.660. The SMILES string of the molecule is O=Cc1ccc(OCCO[C@@H]2OCCO[C@@H]2OCCOc2ccc(C=O)cc2)cc1. The Bertz CT molecular complexity index is 707. The van der Waals surface area contributed by atoms with Crippen molar-refractivity contribution >= 4 is 12.6 Å². The molecule has 0 bridgehead atoms. The Balaban J connectivity index is 1.34. The van der Waals surface area contributed by atoms with E-state index in [1.807, 2.05) is 0 Å². The molecular formula is C22H24O8. The van der Waals surface area contributed by atoms with E-state index in [1.54, 1.807) is 48.5 Å². The lowest BCUT2D eigenvalue weighted by Gasteiger charge is -2.31. The van der Waals surface area contributed by atoms with Gasteiger partial charge >= 0.3 is 0 Å². The van der Waals surface area contributed by atoms with Crippen LogP contribution in [-0.2, 0) is 18.9 Å². The number of hydrogen-bond donors (Lipinski definition) is 0. The number of hydrogen-bond acceptors (Lipinski definition) is 8. The summed E-state index contributed by atoms with van der Waals surface area (Å²) in [4.78, 5) is 21.3. The Morgan fingerprint density at radius 3 is 1.43 bits per heavy atom. The number of benzene rings is 2. The molecule has 0 aromatic heterocycles. The van der Waals surface area contributed by atoms with Crippen LogP contribution in [0.5, 0.6) is 11.5 Å². The van der Waals surface area contributed by atoms with Crippen LogP contribution in [0.3, 0.4) is 0 Å². The van der Waals surface area contributed by atoms with Crippen molar-refractivity contribution in [1.29, 1.82) is 0 Å². The van der Waals surface area contributed by atoms with Gasteiger partial charge in [-0.2, -0.15) is 0 Å². The highest BCUT2D eigenvalue weighted by molar-refractivity contribution is 5.75. The van der Waals surface area contributed by atoms with Crippen molar-refractivity contribution in [2.75, 3.05) is 39.6 Å². The normalized spacial score (nSPS) is 18.5. The highest BCUT2D eigenvalue weighted by Crippen LogP contribution is 2.15. The summed E-state index contributed by atoms with van der Waals surface area (Å²) in [6.45, 7) is 2.02. The smallest absolute Gasteiger partial charge is 0.209 e. The average Bonchev–Trinajstić information content (AvgIpc) is 2.81. The van der Waals surface area contributed by atoms with E-state index in [0.29, 0.717) is 49.1 Å². The summed E-state index contributed by atoms with van der Waals surface area (Å²) >= 11 is 0. The van der Waals surface area contributed by atoms with E-state index in [9.17, 15) is 9.59 Å². The maximum absolute atomic E-state index is 10.7. The topological polar surface area (TPSA) is 89.5 Å². The van der Waals surface area contributed by atoms with Gasteiger partial charge in [-0.25, -0.2) is 0 Å². The summed E-state index contributed by atoms with van der Waals surface area (Å²) < 4.78 is 33.7. The Labute approximate surface area is 174 Å². The summed E-state index contributed by atoms with van der Waals surface area (Å²) in [7, 11) is 0. The first-order chi connectivity index (χ1) is 14.8. The molecule has 1 aliphatic heterocycles. The molecule has 0 aliphatic carbocycles. The lowest BCUT2D eigenvalue weighted by atomic mass is 10.2. The predicted octanol–water partition coefficient (Wildman–Crippen LogP) is 2.50. The van der Waals surface area contributed by atoms with Gasteiger partial charge in [-0.3, -0.25) is 9.59 Å². The second-order valence-electron chi connectivity index (χ2n) is 6.29. The van der Waals surface area contributed by atoms with Gasteiger partial charge < -0.3 is 28.4 Å². The first-order valence-electron chi connectivity index (χ1n) is 9.61. The van der Waals surface area contributed by atoms with E-state index < -0.39 is 12.6 Å². The van der Waals surface area contributed by atoms with E-state index in [2.05, 4.69) is 0 Å². The summed E-state index contributed by atoms with van der Waals surface area (Å²) in [6.07, 6.45) is 0.238. The van der Waals surface area contributed by atoms with Crippen LogP contribution >= 0.6 is 0 Å². The Morgan fingerprint density at radius 2 is 1.07 bits per heavy atom. The second kappa shape index (κ2) is 12.0. The number of ether oxygens (including phenoxy) is 6. The van der Waals surface area contributed by atoms with Gasteiger partial charge in [0, 0.05) is 11.1 Å². The number of rotatable bonds is 12. The van der Waals surface area contributed by atoms with Crippen molar-refractivity contribution in [3.05, 3.63) is 59.7 Å². The monoisotopic (exact) mass is 416 g/mol. The van der Waals surface area contributed by atoms with Crippen LogP contribution in [-0.4, -0.2) is 64.8 Å². The van der Waals surface area contributed by atoms with Gasteiger partial charge in [-0.15, -0.1) is 0 Å². The molecule has 8 nitrogen and oxygen atoms in total. The first-order valence-corrected chi connectivity index (χ1v) is 9.61. The molecule has 2 aromatic carbocycles. The van der Waals surface area contributed by atoms with Crippen LogP contribution in [0.1, 0.15) is 20.7 Å². The molecule has 1 aliphatic rings. The standard InChI is InChI=1S/C22H24O8/c23-15-17-1-5-19(6-2-17)25-9-11-27-21-22(30-14-13-29-21)28-12-10-26-20-7-3-18(16-24)4-8-20/h1-8,15-16,21-22H,9-14H2/t21-,22+. The van der Waals surface area contributed by atoms with E-state index >= 15 is 0 Å². The molecule has 0 unspecified atom stereocenters. The van der Waals surface area contributed by atoms with Crippen LogP contribution in [0.2, 0.25) is 0 Å². The van der Waals surface area contributed by atoms with Crippen LogP contribution < -0.4 is 9.47 Å². The van der Waals surface area contributed by atoms with Crippen molar-refractivity contribution in [1.82, 2.24) is 0 Å². The fourth-order valence-corrected chi connectivity index (χ4v) is 2.67. The lowest BCUT2D eigenvalue weighted by Crippen LogP contribution is -2.43. The minimum absolute atomic E-state index is 0.281. The molecule has 1 saturated heterocycles. The fourth-order valence-electron chi connectivity index (χ4n) is 2.67. The minimum Gasteiger partial charge on any atom is -0.491 e. The molecule has 1 heterocycles. The van der Waals surface area contributed by atoms with Crippen LogP contribution in [0.4, 0.5) is 0 Å². The lowest BCUT2D eigenvalue weighted by molar-refractivity contribution is -0.321. The van der Waals surface area contributed by atoms with Gasteiger partial charge in [0.15, 0.2) is 0 Å². The van der Waals surface area contributed by atoms with Gasteiger partial charge in [-0.05, 0) is 48.5 Å². The molecule has 3 rings (SSSR count).